The number of benzene rings is 1. The zero-order chi connectivity index (χ0) is 17.4. The number of aliphatic hydroxyl groups is 1. The number of hydrogen-bond acceptors (Lipinski definition) is 6. The summed E-state index contributed by atoms with van der Waals surface area (Å²) in [6.07, 6.45) is 3.02. The topological polar surface area (TPSA) is 94.5 Å². The van der Waals surface area contributed by atoms with Gasteiger partial charge >= 0.3 is 0 Å². The molecule has 0 amide bonds. The molecule has 0 bridgehead atoms. The molecule has 3 aromatic heterocycles. The van der Waals surface area contributed by atoms with E-state index in [2.05, 4.69) is 15.1 Å². The molecule has 0 aliphatic carbocycles. The molecule has 0 atom stereocenters. The number of aliphatic hydroxyl groups excluding tert-OH is 1. The van der Waals surface area contributed by atoms with Crippen molar-refractivity contribution in [2.75, 3.05) is 13.7 Å². The summed E-state index contributed by atoms with van der Waals surface area (Å²) in [6.45, 7) is 0.0840. The lowest BCUT2D eigenvalue weighted by Crippen LogP contribution is -2.22. The Hall–Kier alpha value is -3.26. The molecule has 126 valence electrons. The summed E-state index contributed by atoms with van der Waals surface area (Å²) in [4.78, 5) is 21.5. The van der Waals surface area contributed by atoms with E-state index in [1.165, 1.54) is 10.9 Å². The van der Waals surface area contributed by atoms with Crippen molar-refractivity contribution in [3.63, 3.8) is 0 Å². The first-order valence-electron chi connectivity index (χ1n) is 7.71. The smallest absolute Gasteiger partial charge is 0.262 e. The van der Waals surface area contributed by atoms with Gasteiger partial charge in [0, 0.05) is 18.3 Å². The summed E-state index contributed by atoms with van der Waals surface area (Å²) in [7, 11) is 1.59. The predicted octanol–water partition coefficient (Wildman–Crippen LogP) is 1.11. The molecule has 0 fully saturated rings. The first kappa shape index (κ1) is 15.3. The largest absolute Gasteiger partial charge is 0.497 e. The first-order chi connectivity index (χ1) is 12.2. The van der Waals surface area contributed by atoms with Crippen LogP contribution in [-0.2, 0) is 6.54 Å². The van der Waals surface area contributed by atoms with E-state index in [0.29, 0.717) is 28.1 Å². The van der Waals surface area contributed by atoms with Crippen molar-refractivity contribution in [1.82, 2.24) is 24.1 Å². The van der Waals surface area contributed by atoms with Crippen LogP contribution in [0.2, 0.25) is 0 Å². The molecule has 0 saturated carbocycles. The van der Waals surface area contributed by atoms with E-state index in [-0.39, 0.29) is 18.7 Å². The van der Waals surface area contributed by atoms with Crippen molar-refractivity contribution < 1.29 is 9.84 Å². The van der Waals surface area contributed by atoms with Gasteiger partial charge in [0.1, 0.15) is 12.1 Å². The minimum Gasteiger partial charge on any atom is -0.497 e. The highest BCUT2D eigenvalue weighted by atomic mass is 16.5. The van der Waals surface area contributed by atoms with E-state index in [4.69, 9.17) is 4.74 Å². The van der Waals surface area contributed by atoms with Crippen LogP contribution in [0.4, 0.5) is 0 Å². The Balaban J connectivity index is 2.15. The number of fused-ring (bicyclic) bond motifs is 2. The van der Waals surface area contributed by atoms with Crippen molar-refractivity contribution in [1.29, 1.82) is 0 Å². The van der Waals surface area contributed by atoms with Crippen LogP contribution in [0, 0.1) is 0 Å². The minimum atomic E-state index is -0.241. The van der Waals surface area contributed by atoms with Crippen molar-refractivity contribution in [3.05, 3.63) is 53.2 Å². The molecule has 25 heavy (non-hydrogen) atoms. The quantitative estimate of drug-likeness (QED) is 0.599. The second-order valence-corrected chi connectivity index (χ2v) is 5.46. The third-order valence-corrected chi connectivity index (χ3v) is 4.03. The summed E-state index contributed by atoms with van der Waals surface area (Å²) in [5.74, 6) is 1.08. The van der Waals surface area contributed by atoms with Crippen LogP contribution in [-0.4, -0.2) is 43.0 Å². The van der Waals surface area contributed by atoms with Crippen molar-refractivity contribution >= 4 is 16.7 Å². The fraction of sp³-hybridized carbons (Fsp3) is 0.176. The molecule has 0 unspecified atom stereocenters. The van der Waals surface area contributed by atoms with Crippen molar-refractivity contribution in [2.24, 2.45) is 0 Å². The van der Waals surface area contributed by atoms with Gasteiger partial charge in [-0.25, -0.2) is 4.98 Å². The Bertz CT molecular complexity index is 1130. The van der Waals surface area contributed by atoms with Gasteiger partial charge in [-0.2, -0.15) is 14.6 Å². The van der Waals surface area contributed by atoms with Gasteiger partial charge in [-0.15, -0.1) is 0 Å². The lowest BCUT2D eigenvalue weighted by atomic mass is 10.1. The number of pyridine rings is 1. The second-order valence-electron chi connectivity index (χ2n) is 5.46. The standard InChI is InChI=1S/C17H15N5O3/c1-25-12-4-2-3-11(9-12)15-14-13(20-17-18-10-19-22(15)17)5-6-21(7-8-23)16(14)24/h2-6,9-10,23H,7-8H2,1H3. The van der Waals surface area contributed by atoms with Gasteiger partial charge in [-0.05, 0) is 18.2 Å². The van der Waals surface area contributed by atoms with E-state index in [1.807, 2.05) is 24.3 Å². The number of ether oxygens (including phenoxy) is 1. The fourth-order valence-corrected chi connectivity index (χ4v) is 2.88. The van der Waals surface area contributed by atoms with Crippen molar-refractivity contribution in [2.45, 2.75) is 6.54 Å². The number of hydrogen-bond donors (Lipinski definition) is 1. The monoisotopic (exact) mass is 337 g/mol. The van der Waals surface area contributed by atoms with Crippen LogP contribution in [0.15, 0.2) is 47.7 Å². The maximum atomic E-state index is 13.0. The molecule has 1 aromatic carbocycles. The third-order valence-electron chi connectivity index (χ3n) is 4.03. The Labute approximate surface area is 142 Å². The van der Waals surface area contributed by atoms with Gasteiger partial charge in [-0.1, -0.05) is 12.1 Å². The molecule has 4 rings (SSSR count). The maximum absolute atomic E-state index is 13.0. The highest BCUT2D eigenvalue weighted by Crippen LogP contribution is 2.28. The summed E-state index contributed by atoms with van der Waals surface area (Å²) in [5, 5.41) is 13.8. The molecule has 3 heterocycles. The van der Waals surface area contributed by atoms with Gasteiger partial charge < -0.3 is 14.4 Å². The molecule has 4 aromatic rings. The molecule has 0 aliphatic heterocycles. The van der Waals surface area contributed by atoms with Crippen LogP contribution in [0.3, 0.4) is 0 Å². The summed E-state index contributed by atoms with van der Waals surface area (Å²) >= 11 is 0. The summed E-state index contributed by atoms with van der Waals surface area (Å²) in [5.41, 5.74) is 1.64. The molecule has 8 nitrogen and oxygen atoms in total. The predicted molar refractivity (Wildman–Crippen MR) is 91.6 cm³/mol. The van der Waals surface area contributed by atoms with Crippen LogP contribution in [0.25, 0.3) is 27.9 Å². The molecule has 0 spiro atoms. The Morgan fingerprint density at radius 1 is 1.28 bits per heavy atom. The van der Waals surface area contributed by atoms with Crippen LogP contribution in [0.5, 0.6) is 5.75 Å². The zero-order valence-electron chi connectivity index (χ0n) is 13.5. The maximum Gasteiger partial charge on any atom is 0.262 e. The molecule has 0 radical (unpaired) electrons. The summed E-state index contributed by atoms with van der Waals surface area (Å²) in [6, 6.07) is 9.12. The van der Waals surface area contributed by atoms with E-state index in [0.717, 1.165) is 5.56 Å². The Morgan fingerprint density at radius 3 is 2.96 bits per heavy atom. The molecule has 8 heteroatoms. The van der Waals surface area contributed by atoms with Crippen molar-refractivity contribution in [3.8, 4) is 17.0 Å². The molecular weight excluding hydrogens is 322 g/mol. The zero-order valence-corrected chi connectivity index (χ0v) is 13.5. The Kier molecular flexibility index (Phi) is 3.66. The number of rotatable bonds is 4. The highest BCUT2D eigenvalue weighted by Gasteiger charge is 2.17. The minimum absolute atomic E-state index is 0.126. The van der Waals surface area contributed by atoms with Gasteiger partial charge in [-0.3, -0.25) is 4.79 Å². The summed E-state index contributed by atoms with van der Waals surface area (Å²) < 4.78 is 8.30. The van der Waals surface area contributed by atoms with E-state index >= 15 is 0 Å². The van der Waals surface area contributed by atoms with E-state index in [1.54, 1.807) is 23.9 Å². The average molecular weight is 337 g/mol. The second kappa shape index (κ2) is 5.99. The van der Waals surface area contributed by atoms with Gasteiger partial charge in [0.2, 0.25) is 0 Å². The van der Waals surface area contributed by atoms with Crippen LogP contribution in [0.1, 0.15) is 0 Å². The molecular formula is C17H15N5O3. The third kappa shape index (κ3) is 2.43. The normalized spacial score (nSPS) is 11.3. The van der Waals surface area contributed by atoms with Gasteiger partial charge in [0.25, 0.3) is 11.3 Å². The Morgan fingerprint density at radius 2 is 2.16 bits per heavy atom. The fourth-order valence-electron chi connectivity index (χ4n) is 2.88. The average Bonchev–Trinajstić information content (AvgIpc) is 3.10. The van der Waals surface area contributed by atoms with Crippen LogP contribution >= 0.6 is 0 Å². The molecule has 0 aliphatic rings. The SMILES string of the molecule is COc1cccc(-c2c3c(=O)n(CCO)ccc3nc3ncnn23)c1. The number of methoxy groups -OCH3 is 1. The molecule has 0 saturated heterocycles. The highest BCUT2D eigenvalue weighted by molar-refractivity contribution is 5.93. The molecule has 1 N–H and O–H groups in total. The number of aromatic nitrogens is 5. The van der Waals surface area contributed by atoms with Crippen LogP contribution < -0.4 is 10.3 Å². The van der Waals surface area contributed by atoms with E-state index in [9.17, 15) is 9.90 Å². The first-order valence-corrected chi connectivity index (χ1v) is 7.71. The lowest BCUT2D eigenvalue weighted by molar-refractivity contribution is 0.274. The van der Waals surface area contributed by atoms with E-state index < -0.39 is 0 Å². The lowest BCUT2D eigenvalue weighted by Gasteiger charge is -2.11. The number of nitrogens with zero attached hydrogens (tertiary/aromatic N) is 5. The van der Waals surface area contributed by atoms with Gasteiger partial charge in [0.05, 0.1) is 30.3 Å². The van der Waals surface area contributed by atoms with Gasteiger partial charge in [0.15, 0.2) is 0 Å².